The highest BCUT2D eigenvalue weighted by Crippen LogP contribution is 2.36. The van der Waals surface area contributed by atoms with Crippen molar-refractivity contribution in [1.29, 1.82) is 0 Å². The number of nitrogens with one attached hydrogen (secondary N) is 1. The van der Waals surface area contributed by atoms with Crippen LogP contribution in [0, 0.1) is 11.3 Å². The van der Waals surface area contributed by atoms with Crippen molar-refractivity contribution in [3.63, 3.8) is 0 Å². The van der Waals surface area contributed by atoms with E-state index in [9.17, 15) is 24.3 Å². The second-order valence-electron chi connectivity index (χ2n) is 11.5. The molecule has 4 rings (SSSR count). The zero-order chi connectivity index (χ0) is 26.2. The maximum absolute atomic E-state index is 13.1. The van der Waals surface area contributed by atoms with Crippen molar-refractivity contribution in [2.24, 2.45) is 18.4 Å². The molecule has 196 valence electrons. The molecule has 2 aliphatic heterocycles. The average molecular weight is 499 g/mol. The molecule has 3 unspecified atom stereocenters. The number of rotatable bonds is 6. The SMILES string of the molecule is Cn1c(=O)n(C2CCC(=O)NC2=O)c2cccc(CCCCC3CCN(C(=O)O)C(C(C)(C)C)C3)c21. The van der Waals surface area contributed by atoms with Crippen LogP contribution < -0.4 is 11.0 Å². The molecular weight excluding hydrogens is 460 g/mol. The number of amides is 3. The Morgan fingerprint density at radius 1 is 1.14 bits per heavy atom. The van der Waals surface area contributed by atoms with Gasteiger partial charge in [-0.15, -0.1) is 0 Å². The van der Waals surface area contributed by atoms with Gasteiger partial charge in [-0.1, -0.05) is 45.7 Å². The summed E-state index contributed by atoms with van der Waals surface area (Å²) in [6.07, 6.45) is 5.41. The van der Waals surface area contributed by atoms with Crippen LogP contribution in [0.15, 0.2) is 23.0 Å². The third kappa shape index (κ3) is 5.06. The number of aromatic nitrogens is 2. The Balaban J connectivity index is 1.43. The molecule has 0 spiro atoms. The molecule has 0 aliphatic carbocycles. The van der Waals surface area contributed by atoms with E-state index in [1.807, 2.05) is 18.2 Å². The molecule has 0 bridgehead atoms. The van der Waals surface area contributed by atoms with Crippen molar-refractivity contribution in [3.05, 3.63) is 34.2 Å². The summed E-state index contributed by atoms with van der Waals surface area (Å²) in [7, 11) is 1.74. The fraction of sp³-hybridized carbons (Fsp3) is 0.630. The summed E-state index contributed by atoms with van der Waals surface area (Å²) in [5, 5.41) is 12.0. The standard InChI is InChI=1S/C27H38N4O5/c1-27(2,3)21-16-17(14-15-30(21)26(35)36)8-5-6-9-18-10-7-11-19-23(18)29(4)25(34)31(19)20-12-13-22(32)28-24(20)33/h7,10-11,17,20-21H,5-6,8-9,12-16H2,1-4H3,(H,35,36)(H,28,32,33). The Morgan fingerprint density at radius 3 is 2.56 bits per heavy atom. The molecule has 0 radical (unpaired) electrons. The minimum atomic E-state index is -0.823. The largest absolute Gasteiger partial charge is 0.465 e. The van der Waals surface area contributed by atoms with Gasteiger partial charge in [0.05, 0.1) is 11.0 Å². The molecule has 2 aliphatic rings. The number of likely N-dealkylation sites (tertiary alicyclic amines) is 1. The number of carbonyl (C=O) groups excluding carboxylic acids is 2. The van der Waals surface area contributed by atoms with E-state index in [2.05, 4.69) is 26.1 Å². The van der Waals surface area contributed by atoms with E-state index in [0.29, 0.717) is 18.9 Å². The van der Waals surface area contributed by atoms with E-state index in [4.69, 9.17) is 0 Å². The number of hydrogen-bond acceptors (Lipinski definition) is 4. The van der Waals surface area contributed by atoms with Crippen LogP contribution in [0.2, 0.25) is 0 Å². The molecule has 2 N–H and O–H groups in total. The van der Waals surface area contributed by atoms with E-state index in [-0.39, 0.29) is 29.5 Å². The zero-order valence-corrected chi connectivity index (χ0v) is 21.7. The van der Waals surface area contributed by atoms with Crippen molar-refractivity contribution < 1.29 is 19.5 Å². The highest BCUT2D eigenvalue weighted by Gasteiger charge is 2.38. The third-order valence-electron chi connectivity index (χ3n) is 7.97. The average Bonchev–Trinajstić information content (AvgIpc) is 3.07. The summed E-state index contributed by atoms with van der Waals surface area (Å²) < 4.78 is 3.15. The number of imide groups is 1. The fourth-order valence-electron chi connectivity index (χ4n) is 6.05. The quantitative estimate of drug-likeness (QED) is 0.464. The molecule has 1 aromatic heterocycles. The number of nitrogens with zero attached hydrogens (tertiary/aromatic N) is 3. The van der Waals surface area contributed by atoms with Crippen molar-refractivity contribution in [2.75, 3.05) is 6.54 Å². The van der Waals surface area contributed by atoms with Crippen LogP contribution >= 0.6 is 0 Å². The highest BCUT2D eigenvalue weighted by molar-refractivity contribution is 6.00. The lowest BCUT2D eigenvalue weighted by Gasteiger charge is -2.44. The molecule has 36 heavy (non-hydrogen) atoms. The number of aryl methyl sites for hydroxylation is 2. The van der Waals surface area contributed by atoms with Gasteiger partial charge in [0.2, 0.25) is 11.8 Å². The second-order valence-corrected chi connectivity index (χ2v) is 11.5. The number of fused-ring (bicyclic) bond motifs is 1. The van der Waals surface area contributed by atoms with Gasteiger partial charge in [0.25, 0.3) is 0 Å². The first-order valence-corrected chi connectivity index (χ1v) is 13.0. The molecule has 9 heteroatoms. The van der Waals surface area contributed by atoms with Gasteiger partial charge < -0.3 is 10.0 Å². The van der Waals surface area contributed by atoms with Gasteiger partial charge in [0.15, 0.2) is 0 Å². The van der Waals surface area contributed by atoms with Crippen LogP contribution in [-0.4, -0.2) is 49.6 Å². The number of para-hydroxylation sites is 1. The first-order valence-electron chi connectivity index (χ1n) is 13.0. The molecule has 2 saturated heterocycles. The summed E-state index contributed by atoms with van der Waals surface area (Å²) in [6.45, 7) is 6.93. The van der Waals surface area contributed by atoms with Crippen molar-refractivity contribution in [3.8, 4) is 0 Å². The van der Waals surface area contributed by atoms with E-state index < -0.39 is 18.0 Å². The summed E-state index contributed by atoms with van der Waals surface area (Å²) in [5.41, 5.74) is 2.31. The predicted octanol–water partition coefficient (Wildman–Crippen LogP) is 3.84. The Morgan fingerprint density at radius 2 is 1.89 bits per heavy atom. The number of piperidine rings is 2. The van der Waals surface area contributed by atoms with Crippen molar-refractivity contribution in [1.82, 2.24) is 19.4 Å². The van der Waals surface area contributed by atoms with Crippen LogP contribution in [0.25, 0.3) is 11.0 Å². The van der Waals surface area contributed by atoms with Crippen LogP contribution in [0.5, 0.6) is 0 Å². The predicted molar refractivity (Wildman–Crippen MR) is 137 cm³/mol. The zero-order valence-electron chi connectivity index (χ0n) is 21.7. The van der Waals surface area contributed by atoms with Crippen molar-refractivity contribution in [2.45, 2.75) is 84.2 Å². The summed E-state index contributed by atoms with van der Waals surface area (Å²) >= 11 is 0. The lowest BCUT2D eigenvalue weighted by atomic mass is 9.76. The smallest absolute Gasteiger partial charge is 0.407 e. The molecule has 3 heterocycles. The number of benzene rings is 1. The van der Waals surface area contributed by atoms with Gasteiger partial charge in [-0.2, -0.15) is 0 Å². The van der Waals surface area contributed by atoms with E-state index in [1.54, 1.807) is 16.5 Å². The molecule has 3 atom stereocenters. The highest BCUT2D eigenvalue weighted by atomic mass is 16.4. The number of carboxylic acid groups (broad SMARTS) is 1. The van der Waals surface area contributed by atoms with Gasteiger partial charge in [-0.25, -0.2) is 9.59 Å². The monoisotopic (exact) mass is 498 g/mol. The Labute approximate surface area is 211 Å². The van der Waals surface area contributed by atoms with Gasteiger partial charge >= 0.3 is 11.8 Å². The Hall–Kier alpha value is -3.10. The molecule has 2 aromatic rings. The number of carbonyl (C=O) groups is 3. The summed E-state index contributed by atoms with van der Waals surface area (Å²) in [5.74, 6) is -0.208. The van der Waals surface area contributed by atoms with Crippen molar-refractivity contribution >= 4 is 28.9 Å². The maximum Gasteiger partial charge on any atom is 0.407 e. The normalized spacial score (nSPS) is 23.2. The van der Waals surface area contributed by atoms with Gasteiger partial charge in [-0.3, -0.25) is 24.0 Å². The van der Waals surface area contributed by atoms with Gasteiger partial charge in [0, 0.05) is 26.1 Å². The third-order valence-corrected chi connectivity index (χ3v) is 7.97. The van der Waals surface area contributed by atoms with Crippen LogP contribution in [0.1, 0.15) is 77.3 Å². The summed E-state index contributed by atoms with van der Waals surface area (Å²) in [4.78, 5) is 50.5. The lowest BCUT2D eigenvalue weighted by molar-refractivity contribution is -0.135. The molecule has 0 saturated carbocycles. The first-order chi connectivity index (χ1) is 17.0. The first kappa shape index (κ1) is 26.0. The molecular formula is C27H38N4O5. The molecule has 3 amide bonds. The van der Waals surface area contributed by atoms with E-state index in [1.165, 1.54) is 4.57 Å². The van der Waals surface area contributed by atoms with E-state index in [0.717, 1.165) is 55.1 Å². The maximum atomic E-state index is 13.1. The van der Waals surface area contributed by atoms with Gasteiger partial charge in [0.1, 0.15) is 6.04 Å². The van der Waals surface area contributed by atoms with Crippen LogP contribution in [-0.2, 0) is 23.1 Å². The topological polar surface area (TPSA) is 114 Å². The number of imidazole rings is 1. The summed E-state index contributed by atoms with van der Waals surface area (Å²) in [6, 6.07) is 5.19. The minimum absolute atomic E-state index is 0.0315. The minimum Gasteiger partial charge on any atom is -0.465 e. The Kier molecular flexibility index (Phi) is 7.29. The van der Waals surface area contributed by atoms with Gasteiger partial charge in [-0.05, 0) is 55.1 Å². The molecule has 9 nitrogen and oxygen atoms in total. The fourth-order valence-corrected chi connectivity index (χ4v) is 6.05. The van der Waals surface area contributed by atoms with Crippen LogP contribution in [0.4, 0.5) is 4.79 Å². The number of unbranched alkanes of at least 4 members (excludes halogenated alkanes) is 1. The van der Waals surface area contributed by atoms with Crippen LogP contribution in [0.3, 0.4) is 0 Å². The number of hydrogen-bond donors (Lipinski definition) is 2. The lowest BCUT2D eigenvalue weighted by Crippen LogP contribution is -2.51. The Bertz CT molecular complexity index is 1220. The molecule has 1 aromatic carbocycles. The second kappa shape index (κ2) is 10.1. The van der Waals surface area contributed by atoms with E-state index >= 15 is 0 Å². The molecule has 2 fully saturated rings.